The summed E-state index contributed by atoms with van der Waals surface area (Å²) < 4.78 is 49.1. The summed E-state index contributed by atoms with van der Waals surface area (Å²) >= 11 is 0. The fourth-order valence-electron chi connectivity index (χ4n) is 4.33. The van der Waals surface area contributed by atoms with Crippen molar-refractivity contribution in [1.82, 2.24) is 20.9 Å². The molecule has 0 saturated heterocycles. The molecule has 0 aliphatic heterocycles. The first-order chi connectivity index (χ1) is 27.0. The van der Waals surface area contributed by atoms with Crippen molar-refractivity contribution in [3.63, 3.8) is 0 Å². The summed E-state index contributed by atoms with van der Waals surface area (Å²) in [6.45, 7) is 11.6. The highest BCUT2D eigenvalue weighted by Gasteiger charge is 2.17. The van der Waals surface area contributed by atoms with E-state index in [1.807, 2.05) is 0 Å². The predicted octanol–water partition coefficient (Wildman–Crippen LogP) is -2.00. The van der Waals surface area contributed by atoms with Gasteiger partial charge >= 0.3 is 0 Å². The fraction of sp³-hybridized carbons (Fsp3) is 0.917. The first kappa shape index (κ1) is 52.9. The van der Waals surface area contributed by atoms with Gasteiger partial charge in [-0.2, -0.15) is 0 Å². The van der Waals surface area contributed by atoms with Crippen LogP contribution in [0.3, 0.4) is 0 Å². The van der Waals surface area contributed by atoms with Crippen LogP contribution in [0.4, 0.5) is 0 Å². The maximum Gasteiger partial charge on any atom is 0.234 e. The van der Waals surface area contributed by atoms with E-state index in [1.165, 1.54) is 4.90 Å². The molecule has 3 amide bonds. The molecule has 0 unspecified atom stereocenters. The Morgan fingerprint density at radius 3 is 0.745 bits per heavy atom. The van der Waals surface area contributed by atoms with Crippen molar-refractivity contribution in [1.29, 1.82) is 0 Å². The number of nitrogens with two attached hydrogens (primary N) is 3. The smallest absolute Gasteiger partial charge is 0.234 e. The van der Waals surface area contributed by atoms with Crippen LogP contribution in [0.1, 0.15) is 38.5 Å². The number of carbonyl (C=O) groups is 3. The van der Waals surface area contributed by atoms with Crippen LogP contribution in [-0.4, -0.2) is 200 Å². The Bertz CT molecular complexity index is 750. The Morgan fingerprint density at radius 2 is 0.527 bits per heavy atom. The van der Waals surface area contributed by atoms with Gasteiger partial charge in [-0.3, -0.25) is 19.3 Å². The van der Waals surface area contributed by atoms with Gasteiger partial charge in [0.25, 0.3) is 0 Å². The van der Waals surface area contributed by atoms with Crippen molar-refractivity contribution in [2.75, 3.05) is 178 Å². The zero-order valence-electron chi connectivity index (χ0n) is 33.4. The lowest BCUT2D eigenvalue weighted by Crippen LogP contribution is -2.47. The van der Waals surface area contributed by atoms with E-state index in [0.29, 0.717) is 177 Å². The van der Waals surface area contributed by atoms with Crippen molar-refractivity contribution in [3.05, 3.63) is 0 Å². The first-order valence-electron chi connectivity index (χ1n) is 19.9. The summed E-state index contributed by atoms with van der Waals surface area (Å²) in [5, 5.41) is 8.49. The highest BCUT2D eigenvalue weighted by atomic mass is 16.6. The lowest BCUT2D eigenvalue weighted by atomic mass is 10.3. The van der Waals surface area contributed by atoms with Crippen LogP contribution < -0.4 is 33.2 Å². The van der Waals surface area contributed by atoms with Crippen molar-refractivity contribution < 1.29 is 57.0 Å². The van der Waals surface area contributed by atoms with E-state index in [-0.39, 0.29) is 37.4 Å². The van der Waals surface area contributed by atoms with E-state index in [4.69, 9.17) is 59.8 Å². The van der Waals surface area contributed by atoms with Gasteiger partial charge < -0.3 is 75.8 Å². The molecule has 0 aromatic heterocycles. The number of hydrogen-bond donors (Lipinski definition) is 6. The van der Waals surface area contributed by atoms with Crippen LogP contribution in [0.2, 0.25) is 0 Å². The molecule has 9 N–H and O–H groups in total. The van der Waals surface area contributed by atoms with Gasteiger partial charge in [0.1, 0.15) is 0 Å². The second kappa shape index (κ2) is 44.6. The van der Waals surface area contributed by atoms with Crippen LogP contribution in [0.25, 0.3) is 0 Å². The van der Waals surface area contributed by atoms with E-state index in [9.17, 15) is 14.4 Å². The molecule has 0 radical (unpaired) electrons. The Kier molecular flexibility index (Phi) is 42.9. The summed E-state index contributed by atoms with van der Waals surface area (Å²) in [5.74, 6) is -0.892. The molecule has 0 rings (SSSR count). The lowest BCUT2D eigenvalue weighted by molar-refractivity contribution is -0.127. The van der Waals surface area contributed by atoms with Gasteiger partial charge in [0.15, 0.2) is 0 Å². The minimum atomic E-state index is -0.297. The predicted molar refractivity (Wildman–Crippen MR) is 208 cm³/mol. The van der Waals surface area contributed by atoms with Gasteiger partial charge in [-0.05, 0) is 58.2 Å². The molecule has 19 nitrogen and oxygen atoms in total. The topological polar surface area (TPSA) is 252 Å². The average Bonchev–Trinajstić information content (AvgIpc) is 3.17. The van der Waals surface area contributed by atoms with Gasteiger partial charge in [-0.15, -0.1) is 0 Å². The quantitative estimate of drug-likeness (QED) is 0.0365. The van der Waals surface area contributed by atoms with E-state index in [0.717, 1.165) is 19.3 Å². The molecule has 0 atom stereocenters. The van der Waals surface area contributed by atoms with E-state index in [1.54, 1.807) is 0 Å². The van der Waals surface area contributed by atoms with Crippen molar-refractivity contribution >= 4 is 17.7 Å². The third kappa shape index (κ3) is 42.9. The molecule has 0 saturated carbocycles. The van der Waals surface area contributed by atoms with E-state index >= 15 is 0 Å². The number of amides is 3. The highest BCUT2D eigenvalue weighted by Crippen LogP contribution is 1.93. The van der Waals surface area contributed by atoms with E-state index < -0.39 is 0 Å². The maximum atomic E-state index is 12.7. The van der Waals surface area contributed by atoms with Gasteiger partial charge in [0, 0.05) is 59.3 Å². The number of ether oxygens (including phenoxy) is 9. The normalized spacial score (nSPS) is 11.3. The molecular formula is C36H75N7O12. The maximum absolute atomic E-state index is 12.7. The molecule has 0 aliphatic carbocycles. The van der Waals surface area contributed by atoms with Gasteiger partial charge in [-0.1, -0.05) is 0 Å². The minimum Gasteiger partial charge on any atom is -0.379 e. The van der Waals surface area contributed by atoms with Crippen molar-refractivity contribution in [2.45, 2.75) is 38.5 Å². The summed E-state index contributed by atoms with van der Waals surface area (Å²) in [5.41, 5.74) is 16.3. The second-order valence-corrected chi connectivity index (χ2v) is 12.2. The van der Waals surface area contributed by atoms with Crippen LogP contribution in [0.15, 0.2) is 0 Å². The molecular weight excluding hydrogens is 722 g/mol. The summed E-state index contributed by atoms with van der Waals surface area (Å²) in [7, 11) is 0. The fourth-order valence-corrected chi connectivity index (χ4v) is 4.33. The van der Waals surface area contributed by atoms with Crippen LogP contribution in [0.5, 0.6) is 0 Å². The third-order valence-corrected chi connectivity index (χ3v) is 7.17. The molecule has 0 aliphatic rings. The minimum absolute atomic E-state index is 0.120. The molecule has 326 valence electrons. The highest BCUT2D eigenvalue weighted by molar-refractivity contribution is 5.84. The molecule has 0 aromatic rings. The van der Waals surface area contributed by atoms with Crippen LogP contribution in [0, 0.1) is 0 Å². The molecule has 55 heavy (non-hydrogen) atoms. The first-order valence-corrected chi connectivity index (χ1v) is 19.9. The standard InChI is InChI=1S/C36H75N7O12/c37-7-1-13-47-19-25-53-28-22-50-16-4-10-40-34(44)31-43(32-35(45)41-11-5-17-51-23-29-54-26-20-48-14-2-8-38)33-36(46)42-12-6-18-52-24-30-55-27-21-49-15-3-9-39/h1-33,37-39H2,(H,40,44)(H,41,45)(H,42,46). The third-order valence-electron chi connectivity index (χ3n) is 7.17. The second-order valence-electron chi connectivity index (χ2n) is 12.2. The van der Waals surface area contributed by atoms with Crippen molar-refractivity contribution in [3.8, 4) is 0 Å². The number of carbonyl (C=O) groups excluding carboxylic acids is 3. The Morgan fingerprint density at radius 1 is 0.327 bits per heavy atom. The number of rotatable bonds is 45. The average molecular weight is 798 g/mol. The van der Waals surface area contributed by atoms with Crippen LogP contribution >= 0.6 is 0 Å². The molecule has 19 heteroatoms. The number of nitrogens with one attached hydrogen (secondary N) is 3. The van der Waals surface area contributed by atoms with E-state index in [2.05, 4.69) is 16.0 Å². The molecule has 0 aromatic carbocycles. The number of nitrogens with zero attached hydrogens (tertiary/aromatic N) is 1. The Balaban J connectivity index is 4.33. The SMILES string of the molecule is NCCCOCCOCCOCCCNC(=O)CN(CC(=O)NCCCOCCOCCOCCCN)CC(=O)NCCCOCCOCCOCCCN. The van der Waals surface area contributed by atoms with Crippen molar-refractivity contribution in [2.24, 2.45) is 17.2 Å². The zero-order chi connectivity index (χ0) is 40.1. The van der Waals surface area contributed by atoms with Crippen LogP contribution in [-0.2, 0) is 57.0 Å². The van der Waals surface area contributed by atoms with Gasteiger partial charge in [-0.25, -0.2) is 0 Å². The molecule has 0 bridgehead atoms. The van der Waals surface area contributed by atoms with Gasteiger partial charge in [0.2, 0.25) is 17.7 Å². The lowest BCUT2D eigenvalue weighted by Gasteiger charge is -2.21. The Labute approximate surface area is 328 Å². The summed E-state index contributed by atoms with van der Waals surface area (Å²) in [4.78, 5) is 39.7. The summed E-state index contributed by atoms with van der Waals surface area (Å²) in [6.07, 6.45) is 4.29. The Hall–Kier alpha value is -2.11. The summed E-state index contributed by atoms with van der Waals surface area (Å²) in [6, 6.07) is 0. The molecule has 0 heterocycles. The zero-order valence-corrected chi connectivity index (χ0v) is 33.4. The molecule has 0 spiro atoms. The largest absolute Gasteiger partial charge is 0.379 e. The monoisotopic (exact) mass is 798 g/mol. The van der Waals surface area contributed by atoms with Gasteiger partial charge in [0.05, 0.1) is 98.9 Å². The molecule has 0 fully saturated rings. The number of hydrogen-bond acceptors (Lipinski definition) is 16.